The van der Waals surface area contributed by atoms with Gasteiger partial charge in [0.2, 0.25) is 15.9 Å². The van der Waals surface area contributed by atoms with Crippen molar-refractivity contribution in [2.75, 3.05) is 20.1 Å². The fourth-order valence-corrected chi connectivity index (χ4v) is 3.75. The van der Waals surface area contributed by atoms with Crippen LogP contribution < -0.4 is 0 Å². The van der Waals surface area contributed by atoms with Crippen LogP contribution in [0.4, 0.5) is 0 Å². The Labute approximate surface area is 113 Å². The SMILES string of the molecule is Cc1ccc(S(=O)(=O)N2CCN(C)C(=O)C2C)cc1. The number of rotatable bonds is 2. The fraction of sp³-hybridized carbons (Fsp3) is 0.462. The molecule has 0 saturated carbocycles. The van der Waals surface area contributed by atoms with Gasteiger partial charge in [0.25, 0.3) is 0 Å². The summed E-state index contributed by atoms with van der Waals surface area (Å²) in [5, 5.41) is 0. The second kappa shape index (κ2) is 4.94. The molecule has 1 aliphatic rings. The molecule has 1 saturated heterocycles. The maximum Gasteiger partial charge on any atom is 0.243 e. The van der Waals surface area contributed by atoms with Gasteiger partial charge in [0.05, 0.1) is 4.90 Å². The van der Waals surface area contributed by atoms with Gasteiger partial charge < -0.3 is 4.90 Å². The van der Waals surface area contributed by atoms with E-state index in [1.54, 1.807) is 43.1 Å². The first-order valence-electron chi connectivity index (χ1n) is 6.17. The highest BCUT2D eigenvalue weighted by Gasteiger charge is 2.37. The Morgan fingerprint density at radius 3 is 2.32 bits per heavy atom. The number of aryl methyl sites for hydroxylation is 1. The number of carbonyl (C=O) groups is 1. The summed E-state index contributed by atoms with van der Waals surface area (Å²) in [4.78, 5) is 13.7. The monoisotopic (exact) mass is 282 g/mol. The number of piperazine rings is 1. The molecule has 1 aromatic carbocycles. The van der Waals surface area contributed by atoms with Crippen molar-refractivity contribution in [3.63, 3.8) is 0 Å². The molecular formula is C13H18N2O3S. The van der Waals surface area contributed by atoms with Crippen LogP contribution in [0.15, 0.2) is 29.2 Å². The topological polar surface area (TPSA) is 57.7 Å². The molecule has 1 amide bonds. The van der Waals surface area contributed by atoms with Crippen LogP contribution in [0.2, 0.25) is 0 Å². The van der Waals surface area contributed by atoms with Crippen molar-refractivity contribution in [2.24, 2.45) is 0 Å². The van der Waals surface area contributed by atoms with Crippen molar-refractivity contribution in [1.82, 2.24) is 9.21 Å². The van der Waals surface area contributed by atoms with E-state index in [0.717, 1.165) is 5.56 Å². The van der Waals surface area contributed by atoms with Gasteiger partial charge >= 0.3 is 0 Å². The van der Waals surface area contributed by atoms with Crippen LogP contribution in [0.3, 0.4) is 0 Å². The molecule has 0 aromatic heterocycles. The normalized spacial score (nSPS) is 21.7. The number of nitrogens with zero attached hydrogens (tertiary/aromatic N) is 2. The molecule has 1 aliphatic heterocycles. The molecule has 19 heavy (non-hydrogen) atoms. The fourth-order valence-electron chi connectivity index (χ4n) is 2.17. The van der Waals surface area contributed by atoms with Crippen LogP contribution in [0.5, 0.6) is 0 Å². The minimum atomic E-state index is -3.60. The average molecular weight is 282 g/mol. The van der Waals surface area contributed by atoms with Crippen LogP contribution in [0.1, 0.15) is 12.5 Å². The van der Waals surface area contributed by atoms with Crippen molar-refractivity contribution in [3.8, 4) is 0 Å². The number of amides is 1. The molecule has 104 valence electrons. The molecular weight excluding hydrogens is 264 g/mol. The quantitative estimate of drug-likeness (QED) is 0.808. The lowest BCUT2D eigenvalue weighted by molar-refractivity contribution is -0.136. The van der Waals surface area contributed by atoms with E-state index >= 15 is 0 Å². The first-order chi connectivity index (χ1) is 8.84. The van der Waals surface area contributed by atoms with E-state index < -0.39 is 16.1 Å². The highest BCUT2D eigenvalue weighted by atomic mass is 32.2. The largest absolute Gasteiger partial charge is 0.343 e. The Bertz CT molecular complexity index is 580. The molecule has 1 heterocycles. The highest BCUT2D eigenvalue weighted by molar-refractivity contribution is 7.89. The maximum atomic E-state index is 12.5. The molecule has 0 bridgehead atoms. The van der Waals surface area contributed by atoms with Gasteiger partial charge in [-0.25, -0.2) is 8.42 Å². The Morgan fingerprint density at radius 2 is 1.74 bits per heavy atom. The van der Waals surface area contributed by atoms with Gasteiger partial charge in [0, 0.05) is 20.1 Å². The van der Waals surface area contributed by atoms with Gasteiger partial charge in [-0.15, -0.1) is 0 Å². The smallest absolute Gasteiger partial charge is 0.243 e. The predicted octanol–water partition coefficient (Wildman–Crippen LogP) is 0.846. The first kappa shape index (κ1) is 14.0. The van der Waals surface area contributed by atoms with Crippen molar-refractivity contribution < 1.29 is 13.2 Å². The van der Waals surface area contributed by atoms with Crippen LogP contribution >= 0.6 is 0 Å². The van der Waals surface area contributed by atoms with Gasteiger partial charge in [0.15, 0.2) is 0 Å². The summed E-state index contributed by atoms with van der Waals surface area (Å²) < 4.78 is 26.3. The van der Waals surface area contributed by atoms with E-state index in [-0.39, 0.29) is 10.8 Å². The lowest BCUT2D eigenvalue weighted by atomic mass is 10.2. The molecule has 0 radical (unpaired) electrons. The van der Waals surface area contributed by atoms with E-state index in [2.05, 4.69) is 0 Å². The summed E-state index contributed by atoms with van der Waals surface area (Å²) in [6.07, 6.45) is 0. The molecule has 2 rings (SSSR count). The number of sulfonamides is 1. The third-order valence-corrected chi connectivity index (χ3v) is 5.43. The van der Waals surface area contributed by atoms with Crippen LogP contribution in [0.25, 0.3) is 0 Å². The van der Waals surface area contributed by atoms with Gasteiger partial charge in [-0.2, -0.15) is 4.31 Å². The standard InChI is InChI=1S/C13H18N2O3S/c1-10-4-6-12(7-5-10)19(17,18)15-9-8-14(3)13(16)11(15)2/h4-7,11H,8-9H2,1-3H3. The molecule has 5 nitrogen and oxygen atoms in total. The number of hydrogen-bond donors (Lipinski definition) is 0. The third-order valence-electron chi connectivity index (χ3n) is 3.45. The van der Waals surface area contributed by atoms with Crippen LogP contribution in [-0.2, 0) is 14.8 Å². The predicted molar refractivity (Wildman–Crippen MR) is 72.2 cm³/mol. The molecule has 1 atom stereocenters. The second-order valence-electron chi connectivity index (χ2n) is 4.86. The van der Waals surface area contributed by atoms with E-state index in [9.17, 15) is 13.2 Å². The number of benzene rings is 1. The third kappa shape index (κ3) is 2.50. The van der Waals surface area contributed by atoms with Crippen molar-refractivity contribution in [3.05, 3.63) is 29.8 Å². The van der Waals surface area contributed by atoms with Crippen molar-refractivity contribution in [1.29, 1.82) is 0 Å². The number of carbonyl (C=O) groups excluding carboxylic acids is 1. The van der Waals surface area contributed by atoms with Gasteiger partial charge in [-0.3, -0.25) is 4.79 Å². The molecule has 0 aliphatic carbocycles. The zero-order chi connectivity index (χ0) is 14.2. The molecule has 0 spiro atoms. The Hall–Kier alpha value is -1.40. The first-order valence-corrected chi connectivity index (χ1v) is 7.61. The lowest BCUT2D eigenvalue weighted by Crippen LogP contribution is -2.56. The zero-order valence-corrected chi connectivity index (χ0v) is 12.1. The lowest BCUT2D eigenvalue weighted by Gasteiger charge is -2.36. The zero-order valence-electron chi connectivity index (χ0n) is 11.3. The molecule has 1 fully saturated rings. The molecule has 0 N–H and O–H groups in total. The van der Waals surface area contributed by atoms with E-state index in [4.69, 9.17) is 0 Å². The average Bonchev–Trinajstić information content (AvgIpc) is 2.36. The van der Waals surface area contributed by atoms with Crippen molar-refractivity contribution >= 4 is 15.9 Å². The summed E-state index contributed by atoms with van der Waals surface area (Å²) in [5.74, 6) is -0.165. The van der Waals surface area contributed by atoms with Crippen LogP contribution in [-0.4, -0.2) is 49.7 Å². The maximum absolute atomic E-state index is 12.5. The van der Waals surface area contributed by atoms with Gasteiger partial charge in [-0.1, -0.05) is 17.7 Å². The minimum Gasteiger partial charge on any atom is -0.343 e. The van der Waals surface area contributed by atoms with E-state index in [1.165, 1.54) is 4.31 Å². The van der Waals surface area contributed by atoms with Gasteiger partial charge in [0.1, 0.15) is 6.04 Å². The second-order valence-corrected chi connectivity index (χ2v) is 6.76. The van der Waals surface area contributed by atoms with Crippen LogP contribution in [0, 0.1) is 6.92 Å². The van der Waals surface area contributed by atoms with E-state index in [1.807, 2.05) is 6.92 Å². The van der Waals surface area contributed by atoms with Gasteiger partial charge in [-0.05, 0) is 26.0 Å². The highest BCUT2D eigenvalue weighted by Crippen LogP contribution is 2.21. The summed E-state index contributed by atoms with van der Waals surface area (Å²) in [6.45, 7) is 4.29. The Balaban J connectivity index is 2.35. The minimum absolute atomic E-state index is 0.165. The van der Waals surface area contributed by atoms with Crippen molar-refractivity contribution in [2.45, 2.75) is 24.8 Å². The van der Waals surface area contributed by atoms with E-state index in [0.29, 0.717) is 13.1 Å². The summed E-state index contributed by atoms with van der Waals surface area (Å²) in [5.41, 5.74) is 1.00. The molecule has 6 heteroatoms. The molecule has 1 unspecified atom stereocenters. The molecule has 1 aromatic rings. The Kier molecular flexibility index (Phi) is 3.64. The Morgan fingerprint density at radius 1 is 1.16 bits per heavy atom. The summed E-state index contributed by atoms with van der Waals surface area (Å²) in [6, 6.07) is 6.04. The number of hydrogen-bond acceptors (Lipinski definition) is 3. The number of likely N-dealkylation sites (N-methyl/N-ethyl adjacent to an activating group) is 1. The summed E-state index contributed by atoms with van der Waals surface area (Å²) in [7, 11) is -1.91. The summed E-state index contributed by atoms with van der Waals surface area (Å²) >= 11 is 0.